The van der Waals surface area contributed by atoms with E-state index in [0.717, 1.165) is 21.5 Å². The molecule has 76 valence electrons. The molecule has 1 aliphatic rings. The maximum atomic E-state index is 11.9. The molecule has 1 nitrogen and oxygen atoms in total. The van der Waals surface area contributed by atoms with Crippen LogP contribution in [0.3, 0.4) is 0 Å². The molecule has 0 unspecified atom stereocenters. The van der Waals surface area contributed by atoms with Crippen LogP contribution in [0.5, 0.6) is 0 Å². The minimum absolute atomic E-state index is 0.247. The molecule has 1 fully saturated rings. The van der Waals surface area contributed by atoms with Crippen molar-refractivity contribution < 1.29 is 4.79 Å². The van der Waals surface area contributed by atoms with Crippen molar-refractivity contribution in [3.8, 4) is 0 Å². The molecule has 1 aliphatic carbocycles. The van der Waals surface area contributed by atoms with Crippen LogP contribution in [0.15, 0.2) is 9.85 Å². The van der Waals surface area contributed by atoms with Crippen molar-refractivity contribution >= 4 is 44.7 Å². The van der Waals surface area contributed by atoms with Gasteiger partial charge in [-0.3, -0.25) is 4.79 Å². The highest BCUT2D eigenvalue weighted by atomic mass is 79.9. The molecule has 0 aromatic carbocycles. The molecule has 0 amide bonds. The summed E-state index contributed by atoms with van der Waals surface area (Å²) >= 11 is 10.7. The summed E-state index contributed by atoms with van der Waals surface area (Å²) in [5.41, 5.74) is 0. The Morgan fingerprint density at radius 3 is 2.64 bits per heavy atom. The zero-order valence-corrected chi connectivity index (χ0v) is 10.7. The highest BCUT2D eigenvalue weighted by molar-refractivity contribution is 9.11. The van der Waals surface area contributed by atoms with Gasteiger partial charge in [-0.05, 0) is 34.8 Å². The summed E-state index contributed by atoms with van der Waals surface area (Å²) in [4.78, 5) is 12.7. The van der Waals surface area contributed by atoms with E-state index in [0.29, 0.717) is 5.02 Å². The normalized spacial score (nSPS) is 17.6. The first-order valence-electron chi connectivity index (χ1n) is 4.67. The van der Waals surface area contributed by atoms with Gasteiger partial charge in [0.2, 0.25) is 0 Å². The van der Waals surface area contributed by atoms with Gasteiger partial charge in [-0.15, -0.1) is 11.3 Å². The zero-order chi connectivity index (χ0) is 10.1. The Morgan fingerprint density at radius 2 is 2.14 bits per heavy atom. The molecular weight excluding hydrogens is 284 g/mol. The largest absolute Gasteiger partial charge is 0.293 e. The quantitative estimate of drug-likeness (QED) is 0.732. The summed E-state index contributed by atoms with van der Waals surface area (Å²) in [6, 6.07) is 1.77. The summed E-state index contributed by atoms with van der Waals surface area (Å²) in [5, 5.41) is 0.649. The molecule has 0 saturated heterocycles. The number of ketones is 1. The average molecular weight is 294 g/mol. The van der Waals surface area contributed by atoms with Crippen molar-refractivity contribution in [2.45, 2.75) is 25.7 Å². The maximum Gasteiger partial charge on any atom is 0.175 e. The third-order valence-electron chi connectivity index (χ3n) is 2.61. The van der Waals surface area contributed by atoms with Crippen molar-refractivity contribution in [3.63, 3.8) is 0 Å². The minimum Gasteiger partial charge on any atom is -0.293 e. The fourth-order valence-electron chi connectivity index (χ4n) is 1.86. The summed E-state index contributed by atoms with van der Waals surface area (Å²) in [6.45, 7) is 0. The molecule has 14 heavy (non-hydrogen) atoms. The highest BCUT2D eigenvalue weighted by Gasteiger charge is 2.25. The SMILES string of the molecule is O=C(c1cc(Cl)c(Br)s1)C1CCCC1. The second kappa shape index (κ2) is 4.33. The number of Topliss-reactive ketones (excluding diaryl/α,β-unsaturated/α-hetero) is 1. The van der Waals surface area contributed by atoms with Crippen LogP contribution in [0.4, 0.5) is 0 Å². The van der Waals surface area contributed by atoms with Gasteiger partial charge in [-0.25, -0.2) is 0 Å². The van der Waals surface area contributed by atoms with Crippen molar-refractivity contribution in [2.24, 2.45) is 5.92 Å². The molecule has 4 heteroatoms. The van der Waals surface area contributed by atoms with Gasteiger partial charge in [0.15, 0.2) is 5.78 Å². The van der Waals surface area contributed by atoms with Crippen LogP contribution in [-0.4, -0.2) is 5.78 Å². The predicted molar refractivity (Wildman–Crippen MR) is 63.3 cm³/mol. The molecule has 0 aliphatic heterocycles. The van der Waals surface area contributed by atoms with Crippen LogP contribution < -0.4 is 0 Å². The molecule has 1 aromatic rings. The molecular formula is C10H10BrClOS. The molecule has 1 heterocycles. The van der Waals surface area contributed by atoms with E-state index in [4.69, 9.17) is 11.6 Å². The molecule has 1 aromatic heterocycles. The molecule has 0 radical (unpaired) electrons. The van der Waals surface area contributed by atoms with Gasteiger partial charge >= 0.3 is 0 Å². The maximum absolute atomic E-state index is 11.9. The Balaban J connectivity index is 2.18. The average Bonchev–Trinajstić information content (AvgIpc) is 2.76. The number of carbonyl (C=O) groups excluding carboxylic acids is 1. The number of rotatable bonds is 2. The van der Waals surface area contributed by atoms with E-state index in [1.54, 1.807) is 6.07 Å². The molecule has 0 N–H and O–H groups in total. The van der Waals surface area contributed by atoms with Crippen molar-refractivity contribution in [1.29, 1.82) is 0 Å². The lowest BCUT2D eigenvalue weighted by Gasteiger charge is -2.04. The first-order chi connectivity index (χ1) is 6.68. The summed E-state index contributed by atoms with van der Waals surface area (Å²) in [7, 11) is 0. The van der Waals surface area contributed by atoms with Crippen LogP contribution in [0.25, 0.3) is 0 Å². The Labute approximate surface area is 101 Å². The van der Waals surface area contributed by atoms with Gasteiger partial charge in [0.1, 0.15) is 0 Å². The topological polar surface area (TPSA) is 17.1 Å². The number of halogens is 2. The fourth-order valence-corrected chi connectivity index (χ4v) is 3.58. The highest BCUT2D eigenvalue weighted by Crippen LogP contribution is 2.36. The number of hydrogen-bond donors (Lipinski definition) is 0. The van der Waals surface area contributed by atoms with Crippen LogP contribution in [0.2, 0.25) is 5.02 Å². The Kier molecular flexibility index (Phi) is 3.30. The first-order valence-corrected chi connectivity index (χ1v) is 6.66. The van der Waals surface area contributed by atoms with Gasteiger partial charge in [0.05, 0.1) is 13.7 Å². The monoisotopic (exact) mass is 292 g/mol. The van der Waals surface area contributed by atoms with Crippen molar-refractivity contribution in [2.75, 3.05) is 0 Å². The van der Waals surface area contributed by atoms with E-state index in [1.165, 1.54) is 24.2 Å². The van der Waals surface area contributed by atoms with E-state index in [-0.39, 0.29) is 11.7 Å². The lowest BCUT2D eigenvalue weighted by atomic mass is 10.0. The second-order valence-electron chi connectivity index (χ2n) is 3.58. The number of carbonyl (C=O) groups is 1. The lowest BCUT2D eigenvalue weighted by molar-refractivity contribution is 0.0927. The van der Waals surface area contributed by atoms with E-state index < -0.39 is 0 Å². The second-order valence-corrected chi connectivity index (χ2v) is 6.36. The van der Waals surface area contributed by atoms with Crippen molar-refractivity contribution in [1.82, 2.24) is 0 Å². The van der Waals surface area contributed by atoms with Crippen LogP contribution in [-0.2, 0) is 0 Å². The van der Waals surface area contributed by atoms with E-state index in [1.807, 2.05) is 0 Å². The fraction of sp³-hybridized carbons (Fsp3) is 0.500. The Bertz CT molecular complexity index is 336. The van der Waals surface area contributed by atoms with Gasteiger partial charge in [0, 0.05) is 5.92 Å². The lowest BCUT2D eigenvalue weighted by Crippen LogP contribution is -2.08. The summed E-state index contributed by atoms with van der Waals surface area (Å²) in [6.07, 6.45) is 4.48. The van der Waals surface area contributed by atoms with E-state index >= 15 is 0 Å². The standard InChI is InChI=1S/C10H10BrClOS/c11-10-7(12)5-8(14-10)9(13)6-3-1-2-4-6/h5-6H,1-4H2. The molecule has 1 saturated carbocycles. The van der Waals surface area contributed by atoms with Gasteiger partial charge in [-0.2, -0.15) is 0 Å². The smallest absolute Gasteiger partial charge is 0.175 e. The molecule has 0 bridgehead atoms. The summed E-state index contributed by atoms with van der Waals surface area (Å²) < 4.78 is 0.862. The molecule has 0 spiro atoms. The van der Waals surface area contributed by atoms with Gasteiger partial charge < -0.3 is 0 Å². The number of thiophene rings is 1. The van der Waals surface area contributed by atoms with E-state index in [2.05, 4.69) is 15.9 Å². The Hall–Kier alpha value is 0.140. The minimum atomic E-state index is 0.247. The van der Waals surface area contributed by atoms with Crippen molar-refractivity contribution in [3.05, 3.63) is 19.8 Å². The first kappa shape index (κ1) is 10.7. The predicted octanol–water partition coefficient (Wildman–Crippen LogP) is 4.54. The Morgan fingerprint density at radius 1 is 1.50 bits per heavy atom. The summed E-state index contributed by atoms with van der Waals surface area (Å²) in [5.74, 6) is 0.525. The number of hydrogen-bond acceptors (Lipinski definition) is 2. The molecule has 0 atom stereocenters. The third-order valence-corrected chi connectivity index (χ3v) is 5.10. The van der Waals surface area contributed by atoms with Crippen LogP contribution >= 0.6 is 38.9 Å². The van der Waals surface area contributed by atoms with E-state index in [9.17, 15) is 4.79 Å². The zero-order valence-electron chi connectivity index (χ0n) is 7.56. The van der Waals surface area contributed by atoms with Gasteiger partial charge in [0.25, 0.3) is 0 Å². The van der Waals surface area contributed by atoms with Gasteiger partial charge in [-0.1, -0.05) is 24.4 Å². The van der Waals surface area contributed by atoms with Crippen LogP contribution in [0.1, 0.15) is 35.4 Å². The third kappa shape index (κ3) is 2.05. The van der Waals surface area contributed by atoms with Crippen LogP contribution in [0, 0.1) is 5.92 Å². The molecule has 2 rings (SSSR count).